The first kappa shape index (κ1) is 14.9. The zero-order valence-electron chi connectivity index (χ0n) is 9.47. The molecule has 0 unspecified atom stereocenters. The standard InChI is InChI=1S/C9H16N2O4S/c1-3-11(7-5-6-10)16(13,14)8-9(12)15-4-2/h3-5,7-8H2,1-2H3. The number of nitriles is 1. The Bertz CT molecular complexity index is 358. The van der Waals surface area contributed by atoms with Crippen LogP contribution >= 0.6 is 0 Å². The van der Waals surface area contributed by atoms with Gasteiger partial charge in [0.05, 0.1) is 12.7 Å². The van der Waals surface area contributed by atoms with Gasteiger partial charge in [-0.2, -0.15) is 5.26 Å². The van der Waals surface area contributed by atoms with Gasteiger partial charge in [0.15, 0.2) is 5.75 Å². The van der Waals surface area contributed by atoms with E-state index in [0.717, 1.165) is 4.31 Å². The summed E-state index contributed by atoms with van der Waals surface area (Å²) in [6.45, 7) is 3.76. The largest absolute Gasteiger partial charge is 0.465 e. The molecule has 0 aromatic heterocycles. The zero-order chi connectivity index (χ0) is 12.6. The molecule has 0 aliphatic carbocycles. The molecule has 0 heterocycles. The lowest BCUT2D eigenvalue weighted by Crippen LogP contribution is -2.36. The van der Waals surface area contributed by atoms with Gasteiger partial charge < -0.3 is 4.74 Å². The normalized spacial score (nSPS) is 11.1. The number of hydrogen-bond acceptors (Lipinski definition) is 5. The summed E-state index contributed by atoms with van der Waals surface area (Å²) in [4.78, 5) is 11.1. The lowest BCUT2D eigenvalue weighted by atomic mass is 10.5. The van der Waals surface area contributed by atoms with E-state index in [1.165, 1.54) is 0 Å². The van der Waals surface area contributed by atoms with Crippen LogP contribution in [0.25, 0.3) is 0 Å². The second-order valence-electron chi connectivity index (χ2n) is 2.96. The number of carbonyl (C=O) groups is 1. The van der Waals surface area contributed by atoms with Crippen molar-refractivity contribution in [1.82, 2.24) is 4.31 Å². The van der Waals surface area contributed by atoms with Crippen molar-refractivity contribution < 1.29 is 17.9 Å². The predicted octanol–water partition coefficient (Wildman–Crippen LogP) is 0.115. The highest BCUT2D eigenvalue weighted by atomic mass is 32.2. The molecule has 0 bridgehead atoms. The van der Waals surface area contributed by atoms with Crippen LogP contribution in [0, 0.1) is 11.3 Å². The van der Waals surface area contributed by atoms with E-state index < -0.39 is 21.7 Å². The molecule has 92 valence electrons. The fourth-order valence-corrected chi connectivity index (χ4v) is 2.44. The van der Waals surface area contributed by atoms with Gasteiger partial charge in [-0.15, -0.1) is 0 Å². The van der Waals surface area contributed by atoms with Crippen LogP contribution in [-0.4, -0.2) is 44.1 Å². The third-order valence-electron chi connectivity index (χ3n) is 1.82. The van der Waals surface area contributed by atoms with Crippen LogP contribution in [0.4, 0.5) is 0 Å². The van der Waals surface area contributed by atoms with Crippen LogP contribution < -0.4 is 0 Å². The van der Waals surface area contributed by atoms with Gasteiger partial charge in [-0.05, 0) is 6.92 Å². The van der Waals surface area contributed by atoms with Crippen molar-refractivity contribution >= 4 is 16.0 Å². The Kier molecular flexibility index (Phi) is 6.69. The molecular weight excluding hydrogens is 232 g/mol. The number of ether oxygens (including phenoxy) is 1. The van der Waals surface area contributed by atoms with Crippen LogP contribution in [0.5, 0.6) is 0 Å². The molecule has 0 aliphatic rings. The minimum Gasteiger partial charge on any atom is -0.465 e. The van der Waals surface area contributed by atoms with E-state index in [9.17, 15) is 13.2 Å². The van der Waals surface area contributed by atoms with Crippen molar-refractivity contribution in [3.63, 3.8) is 0 Å². The smallest absolute Gasteiger partial charge is 0.322 e. The third kappa shape index (κ3) is 5.09. The Hall–Kier alpha value is -1.13. The van der Waals surface area contributed by atoms with Crippen molar-refractivity contribution in [3.05, 3.63) is 0 Å². The van der Waals surface area contributed by atoms with Gasteiger partial charge in [0, 0.05) is 19.5 Å². The van der Waals surface area contributed by atoms with Gasteiger partial charge in [0.1, 0.15) is 0 Å². The van der Waals surface area contributed by atoms with E-state index in [4.69, 9.17) is 5.26 Å². The Morgan fingerprint density at radius 2 is 2.06 bits per heavy atom. The number of rotatable bonds is 7. The predicted molar refractivity (Wildman–Crippen MR) is 57.9 cm³/mol. The molecule has 0 rings (SSSR count). The van der Waals surface area contributed by atoms with Crippen LogP contribution in [0.2, 0.25) is 0 Å². The van der Waals surface area contributed by atoms with Crippen molar-refractivity contribution in [2.24, 2.45) is 0 Å². The molecule has 0 spiro atoms. The molecule has 0 fully saturated rings. The van der Waals surface area contributed by atoms with Gasteiger partial charge in [0.2, 0.25) is 10.0 Å². The molecule has 0 amide bonds. The van der Waals surface area contributed by atoms with Crippen molar-refractivity contribution in [3.8, 4) is 6.07 Å². The van der Waals surface area contributed by atoms with Gasteiger partial charge in [-0.25, -0.2) is 12.7 Å². The number of carbonyl (C=O) groups excluding carboxylic acids is 1. The minimum absolute atomic E-state index is 0.106. The number of sulfonamides is 1. The van der Waals surface area contributed by atoms with Crippen LogP contribution in [0.1, 0.15) is 20.3 Å². The molecule has 0 radical (unpaired) electrons. The first-order valence-electron chi connectivity index (χ1n) is 4.98. The fourth-order valence-electron chi connectivity index (χ4n) is 1.11. The average molecular weight is 248 g/mol. The Morgan fingerprint density at radius 1 is 1.44 bits per heavy atom. The van der Waals surface area contributed by atoms with E-state index >= 15 is 0 Å². The first-order valence-corrected chi connectivity index (χ1v) is 6.59. The quantitative estimate of drug-likeness (QED) is 0.597. The van der Waals surface area contributed by atoms with Crippen molar-refractivity contribution in [2.45, 2.75) is 20.3 Å². The first-order chi connectivity index (χ1) is 7.47. The van der Waals surface area contributed by atoms with Gasteiger partial charge in [-0.3, -0.25) is 4.79 Å². The van der Waals surface area contributed by atoms with Gasteiger partial charge in [-0.1, -0.05) is 6.92 Å². The van der Waals surface area contributed by atoms with Crippen LogP contribution in [-0.2, 0) is 19.6 Å². The summed E-state index contributed by atoms with van der Waals surface area (Å²) in [6.07, 6.45) is 0.107. The van der Waals surface area contributed by atoms with E-state index in [1.54, 1.807) is 13.8 Å². The summed E-state index contributed by atoms with van der Waals surface area (Å²) in [5.74, 6) is -1.43. The summed E-state index contributed by atoms with van der Waals surface area (Å²) >= 11 is 0. The summed E-state index contributed by atoms with van der Waals surface area (Å²) in [6, 6.07) is 1.86. The fraction of sp³-hybridized carbons (Fsp3) is 0.778. The molecule has 16 heavy (non-hydrogen) atoms. The molecule has 0 aliphatic heterocycles. The summed E-state index contributed by atoms with van der Waals surface area (Å²) in [5.41, 5.74) is 0. The molecule has 0 N–H and O–H groups in total. The Morgan fingerprint density at radius 3 is 2.50 bits per heavy atom. The zero-order valence-corrected chi connectivity index (χ0v) is 10.3. The summed E-state index contributed by atoms with van der Waals surface area (Å²) in [7, 11) is -3.66. The van der Waals surface area contributed by atoms with Crippen LogP contribution in [0.3, 0.4) is 0 Å². The highest BCUT2D eigenvalue weighted by Gasteiger charge is 2.24. The molecular formula is C9H16N2O4S. The number of nitrogens with zero attached hydrogens (tertiary/aromatic N) is 2. The maximum Gasteiger partial charge on any atom is 0.322 e. The molecule has 0 atom stereocenters. The molecule has 7 heteroatoms. The second-order valence-corrected chi connectivity index (χ2v) is 4.93. The molecule has 0 saturated heterocycles. The lowest BCUT2D eigenvalue weighted by Gasteiger charge is -2.18. The van der Waals surface area contributed by atoms with E-state index in [1.807, 2.05) is 6.07 Å². The molecule has 6 nitrogen and oxygen atoms in total. The third-order valence-corrected chi connectivity index (χ3v) is 3.65. The number of hydrogen-bond donors (Lipinski definition) is 0. The minimum atomic E-state index is -3.66. The number of esters is 1. The highest BCUT2D eigenvalue weighted by molar-refractivity contribution is 7.89. The Labute approximate surface area is 95.8 Å². The molecule has 0 aromatic carbocycles. The second kappa shape index (κ2) is 7.19. The maximum absolute atomic E-state index is 11.7. The lowest BCUT2D eigenvalue weighted by molar-refractivity contribution is -0.140. The van der Waals surface area contributed by atoms with E-state index in [0.29, 0.717) is 0 Å². The monoisotopic (exact) mass is 248 g/mol. The van der Waals surface area contributed by atoms with Crippen LogP contribution in [0.15, 0.2) is 0 Å². The van der Waals surface area contributed by atoms with Gasteiger partial charge in [0.25, 0.3) is 0 Å². The average Bonchev–Trinajstić information content (AvgIpc) is 2.17. The molecule has 0 saturated carbocycles. The molecule has 0 aromatic rings. The topological polar surface area (TPSA) is 87.5 Å². The van der Waals surface area contributed by atoms with Crippen molar-refractivity contribution in [1.29, 1.82) is 5.26 Å². The maximum atomic E-state index is 11.7. The summed E-state index contributed by atoms with van der Waals surface area (Å²) < 4.78 is 29.0. The highest BCUT2D eigenvalue weighted by Crippen LogP contribution is 2.03. The SMILES string of the molecule is CCOC(=O)CS(=O)(=O)N(CC)CCC#N. The van der Waals surface area contributed by atoms with E-state index in [-0.39, 0.29) is 26.1 Å². The summed E-state index contributed by atoms with van der Waals surface area (Å²) in [5, 5.41) is 8.38. The Balaban J connectivity index is 4.50. The van der Waals surface area contributed by atoms with E-state index in [2.05, 4.69) is 4.74 Å². The van der Waals surface area contributed by atoms with Gasteiger partial charge >= 0.3 is 5.97 Å². The van der Waals surface area contributed by atoms with Crippen molar-refractivity contribution in [2.75, 3.05) is 25.4 Å².